The van der Waals surface area contributed by atoms with E-state index in [0.717, 1.165) is 29.5 Å². The molecular weight excluding hydrogens is 307 g/mol. The molecule has 1 aromatic rings. The molecule has 0 bridgehead atoms. The maximum absolute atomic E-state index is 14.0. The van der Waals surface area contributed by atoms with E-state index in [9.17, 15) is 4.39 Å². The number of halogens is 2. The van der Waals surface area contributed by atoms with Crippen molar-refractivity contribution < 1.29 is 4.39 Å². The molecule has 0 radical (unpaired) electrons. The summed E-state index contributed by atoms with van der Waals surface area (Å²) in [5, 5.41) is 3.52. The van der Waals surface area contributed by atoms with Crippen molar-refractivity contribution in [1.29, 1.82) is 0 Å². The van der Waals surface area contributed by atoms with Crippen molar-refractivity contribution in [2.75, 3.05) is 13.1 Å². The number of nitrogens with zero attached hydrogens (tertiary/aromatic N) is 1. The highest BCUT2D eigenvalue weighted by Crippen LogP contribution is 2.26. The minimum absolute atomic E-state index is 0.103. The Morgan fingerprint density at radius 3 is 2.89 bits per heavy atom. The molecule has 19 heavy (non-hydrogen) atoms. The third-order valence-electron chi connectivity index (χ3n) is 4.23. The van der Waals surface area contributed by atoms with Gasteiger partial charge in [-0.2, -0.15) is 0 Å². The number of hydrogen-bond donors (Lipinski definition) is 1. The van der Waals surface area contributed by atoms with Gasteiger partial charge >= 0.3 is 0 Å². The van der Waals surface area contributed by atoms with E-state index < -0.39 is 0 Å². The minimum Gasteiger partial charge on any atom is -0.311 e. The van der Waals surface area contributed by atoms with Crippen LogP contribution in [0.1, 0.15) is 32.8 Å². The van der Waals surface area contributed by atoms with E-state index in [1.165, 1.54) is 0 Å². The second-order valence-corrected chi connectivity index (χ2v) is 6.66. The lowest BCUT2D eigenvalue weighted by Gasteiger charge is -2.47. The predicted octanol–water partition coefficient (Wildman–Crippen LogP) is 3.55. The van der Waals surface area contributed by atoms with Crippen LogP contribution in [0.2, 0.25) is 0 Å². The predicted molar refractivity (Wildman–Crippen MR) is 80.7 cm³/mol. The van der Waals surface area contributed by atoms with E-state index in [4.69, 9.17) is 0 Å². The number of rotatable bonds is 3. The smallest absolute Gasteiger partial charge is 0.128 e. The van der Waals surface area contributed by atoms with Gasteiger partial charge in [0, 0.05) is 41.3 Å². The molecule has 0 aromatic heterocycles. The standard InChI is InChI=1S/C15H22BrFN2/c1-4-15(3)10-18-11(2)8-19(15)9-12-5-6-13(16)7-14(12)17/h5-7,11,18H,4,8-10H2,1-3H3. The van der Waals surface area contributed by atoms with Crippen LogP contribution in [0.15, 0.2) is 22.7 Å². The molecule has 1 aromatic carbocycles. The Hall–Kier alpha value is -0.450. The van der Waals surface area contributed by atoms with E-state index in [2.05, 4.69) is 46.9 Å². The lowest BCUT2D eigenvalue weighted by atomic mass is 9.91. The third-order valence-corrected chi connectivity index (χ3v) is 4.72. The second kappa shape index (κ2) is 5.90. The fraction of sp³-hybridized carbons (Fsp3) is 0.600. The highest BCUT2D eigenvalue weighted by molar-refractivity contribution is 9.10. The van der Waals surface area contributed by atoms with Gasteiger partial charge in [0.2, 0.25) is 0 Å². The summed E-state index contributed by atoms with van der Waals surface area (Å²) in [6, 6.07) is 5.79. The van der Waals surface area contributed by atoms with Crippen LogP contribution in [0.4, 0.5) is 4.39 Å². The van der Waals surface area contributed by atoms with Gasteiger partial charge in [0.25, 0.3) is 0 Å². The molecule has 2 atom stereocenters. The molecule has 1 heterocycles. The summed E-state index contributed by atoms with van der Waals surface area (Å²) in [4.78, 5) is 2.40. The number of hydrogen-bond acceptors (Lipinski definition) is 2. The Balaban J connectivity index is 2.19. The highest BCUT2D eigenvalue weighted by Gasteiger charge is 2.35. The first kappa shape index (κ1) is 14.9. The van der Waals surface area contributed by atoms with Gasteiger partial charge < -0.3 is 5.32 Å². The van der Waals surface area contributed by atoms with Gasteiger partial charge in [-0.3, -0.25) is 4.90 Å². The van der Waals surface area contributed by atoms with Crippen LogP contribution in [0.25, 0.3) is 0 Å². The summed E-state index contributed by atoms with van der Waals surface area (Å²) < 4.78 is 14.8. The maximum atomic E-state index is 14.0. The fourth-order valence-corrected chi connectivity index (χ4v) is 2.91. The van der Waals surface area contributed by atoms with Gasteiger partial charge in [0.1, 0.15) is 5.82 Å². The zero-order valence-electron chi connectivity index (χ0n) is 11.8. The Labute approximate surface area is 123 Å². The molecule has 2 nitrogen and oxygen atoms in total. The molecule has 0 saturated carbocycles. The molecule has 1 fully saturated rings. The Morgan fingerprint density at radius 1 is 1.53 bits per heavy atom. The first-order chi connectivity index (χ1) is 8.94. The summed E-state index contributed by atoms with van der Waals surface area (Å²) in [7, 11) is 0. The van der Waals surface area contributed by atoms with Gasteiger partial charge in [-0.25, -0.2) is 4.39 Å². The van der Waals surface area contributed by atoms with Crippen molar-refractivity contribution in [2.24, 2.45) is 0 Å². The minimum atomic E-state index is -0.126. The molecule has 2 unspecified atom stereocenters. The average Bonchev–Trinajstić information content (AvgIpc) is 2.37. The van der Waals surface area contributed by atoms with E-state index in [0.29, 0.717) is 12.6 Å². The van der Waals surface area contributed by atoms with E-state index >= 15 is 0 Å². The molecule has 1 N–H and O–H groups in total. The molecule has 1 saturated heterocycles. The molecule has 2 rings (SSSR count). The van der Waals surface area contributed by atoms with Gasteiger partial charge in [-0.15, -0.1) is 0 Å². The van der Waals surface area contributed by atoms with E-state index in [-0.39, 0.29) is 11.4 Å². The van der Waals surface area contributed by atoms with Crippen molar-refractivity contribution >= 4 is 15.9 Å². The van der Waals surface area contributed by atoms with E-state index in [1.807, 2.05) is 12.1 Å². The van der Waals surface area contributed by atoms with E-state index in [1.54, 1.807) is 6.07 Å². The first-order valence-corrected chi connectivity index (χ1v) is 7.66. The SMILES string of the molecule is CCC1(C)CNC(C)CN1Cc1ccc(Br)cc1F. The zero-order chi connectivity index (χ0) is 14.0. The molecule has 0 amide bonds. The highest BCUT2D eigenvalue weighted by atomic mass is 79.9. The Kier molecular flexibility index (Phi) is 4.64. The van der Waals surface area contributed by atoms with Gasteiger partial charge in [0.05, 0.1) is 0 Å². The van der Waals surface area contributed by atoms with Crippen LogP contribution in [-0.2, 0) is 6.54 Å². The van der Waals surface area contributed by atoms with Crippen molar-refractivity contribution in [3.63, 3.8) is 0 Å². The summed E-state index contributed by atoms with van der Waals surface area (Å²) in [6.07, 6.45) is 1.06. The van der Waals surface area contributed by atoms with Crippen LogP contribution in [0.5, 0.6) is 0 Å². The molecule has 1 aliphatic rings. The molecule has 0 spiro atoms. The van der Waals surface area contributed by atoms with Crippen LogP contribution >= 0.6 is 15.9 Å². The third kappa shape index (κ3) is 3.36. The molecule has 4 heteroatoms. The molecule has 1 aliphatic heterocycles. The van der Waals surface area contributed by atoms with Crippen molar-refractivity contribution in [3.8, 4) is 0 Å². The van der Waals surface area contributed by atoms with Crippen LogP contribution in [-0.4, -0.2) is 29.6 Å². The summed E-state index contributed by atoms with van der Waals surface area (Å²) in [5.74, 6) is -0.126. The first-order valence-electron chi connectivity index (χ1n) is 6.87. The monoisotopic (exact) mass is 328 g/mol. The average molecular weight is 329 g/mol. The van der Waals surface area contributed by atoms with Crippen molar-refractivity contribution in [3.05, 3.63) is 34.1 Å². The number of benzene rings is 1. The number of nitrogens with one attached hydrogen (secondary N) is 1. The normalized spacial score (nSPS) is 28.6. The van der Waals surface area contributed by atoms with Gasteiger partial charge in [-0.1, -0.05) is 28.9 Å². The maximum Gasteiger partial charge on any atom is 0.128 e. The second-order valence-electron chi connectivity index (χ2n) is 5.75. The lowest BCUT2D eigenvalue weighted by molar-refractivity contribution is 0.0444. The lowest BCUT2D eigenvalue weighted by Crippen LogP contribution is -2.61. The van der Waals surface area contributed by atoms with Gasteiger partial charge in [0.15, 0.2) is 0 Å². The largest absolute Gasteiger partial charge is 0.311 e. The number of piperazine rings is 1. The Bertz CT molecular complexity index is 452. The summed E-state index contributed by atoms with van der Waals surface area (Å²) in [5.41, 5.74) is 0.878. The van der Waals surface area contributed by atoms with Crippen LogP contribution < -0.4 is 5.32 Å². The fourth-order valence-electron chi connectivity index (χ4n) is 2.58. The van der Waals surface area contributed by atoms with Crippen molar-refractivity contribution in [2.45, 2.75) is 45.3 Å². The summed E-state index contributed by atoms with van der Waals surface area (Å²) in [6.45, 7) is 9.23. The van der Waals surface area contributed by atoms with Crippen LogP contribution in [0, 0.1) is 5.82 Å². The van der Waals surface area contributed by atoms with Gasteiger partial charge in [-0.05, 0) is 32.4 Å². The zero-order valence-corrected chi connectivity index (χ0v) is 13.4. The molecule has 106 valence electrons. The van der Waals surface area contributed by atoms with Crippen LogP contribution in [0.3, 0.4) is 0 Å². The topological polar surface area (TPSA) is 15.3 Å². The van der Waals surface area contributed by atoms with Crippen molar-refractivity contribution in [1.82, 2.24) is 10.2 Å². The molecular formula is C15H22BrFN2. The molecule has 0 aliphatic carbocycles. The quantitative estimate of drug-likeness (QED) is 0.912. The Morgan fingerprint density at radius 2 is 2.26 bits per heavy atom. The summed E-state index contributed by atoms with van der Waals surface area (Å²) >= 11 is 3.30.